The standard InChI is InChI=1S/C11H23NO/c1-3-11(2)10-13-9-8-12-6-4-5-7-12/h11H,3-10H2,1-2H3. The minimum atomic E-state index is 0.721. The van der Waals surface area contributed by atoms with Crippen molar-refractivity contribution in [1.29, 1.82) is 0 Å². The van der Waals surface area contributed by atoms with Crippen LogP contribution in [0.25, 0.3) is 0 Å². The third-order valence-corrected chi connectivity index (χ3v) is 2.85. The van der Waals surface area contributed by atoms with Crippen LogP contribution in [-0.2, 0) is 4.74 Å². The molecule has 0 aromatic rings. The summed E-state index contributed by atoms with van der Waals surface area (Å²) in [4.78, 5) is 2.50. The van der Waals surface area contributed by atoms with Crippen LogP contribution in [0, 0.1) is 5.92 Å². The van der Waals surface area contributed by atoms with Crippen molar-refractivity contribution in [2.24, 2.45) is 5.92 Å². The third-order valence-electron chi connectivity index (χ3n) is 2.85. The Labute approximate surface area is 82.3 Å². The van der Waals surface area contributed by atoms with Gasteiger partial charge in [0, 0.05) is 13.2 Å². The molecule has 0 spiro atoms. The maximum absolute atomic E-state index is 5.61. The molecule has 2 nitrogen and oxygen atoms in total. The highest BCUT2D eigenvalue weighted by Crippen LogP contribution is 2.06. The van der Waals surface area contributed by atoms with Crippen LogP contribution in [0.3, 0.4) is 0 Å². The maximum Gasteiger partial charge on any atom is 0.0593 e. The van der Waals surface area contributed by atoms with Crippen molar-refractivity contribution >= 4 is 0 Å². The van der Waals surface area contributed by atoms with E-state index in [9.17, 15) is 0 Å². The number of ether oxygens (including phenoxy) is 1. The van der Waals surface area contributed by atoms with Gasteiger partial charge in [0.05, 0.1) is 6.61 Å². The van der Waals surface area contributed by atoms with Crippen LogP contribution in [0.4, 0.5) is 0 Å². The monoisotopic (exact) mass is 185 g/mol. The molecule has 13 heavy (non-hydrogen) atoms. The summed E-state index contributed by atoms with van der Waals surface area (Å²) >= 11 is 0. The first-order valence-electron chi connectivity index (χ1n) is 5.63. The smallest absolute Gasteiger partial charge is 0.0593 e. The molecule has 0 aliphatic carbocycles. The fourth-order valence-corrected chi connectivity index (χ4v) is 1.60. The van der Waals surface area contributed by atoms with Gasteiger partial charge >= 0.3 is 0 Å². The number of hydrogen-bond acceptors (Lipinski definition) is 2. The van der Waals surface area contributed by atoms with Gasteiger partial charge in [-0.2, -0.15) is 0 Å². The Morgan fingerprint density at radius 2 is 2.00 bits per heavy atom. The normalized spacial score (nSPS) is 20.8. The molecule has 1 aliphatic heterocycles. The summed E-state index contributed by atoms with van der Waals surface area (Å²) in [6.45, 7) is 10.0. The lowest BCUT2D eigenvalue weighted by Gasteiger charge is -2.15. The molecule has 1 heterocycles. The summed E-state index contributed by atoms with van der Waals surface area (Å²) < 4.78 is 5.61. The third kappa shape index (κ3) is 4.63. The average Bonchev–Trinajstić information content (AvgIpc) is 2.64. The first-order valence-corrected chi connectivity index (χ1v) is 5.63. The van der Waals surface area contributed by atoms with Crippen LogP contribution in [0.5, 0.6) is 0 Å². The Bertz CT molecular complexity index is 121. The quantitative estimate of drug-likeness (QED) is 0.588. The molecule has 0 saturated carbocycles. The summed E-state index contributed by atoms with van der Waals surface area (Å²) in [6, 6.07) is 0. The highest BCUT2D eigenvalue weighted by Gasteiger charge is 2.10. The molecule has 0 aromatic carbocycles. The van der Waals surface area contributed by atoms with Gasteiger partial charge in [0.25, 0.3) is 0 Å². The number of rotatable bonds is 6. The first kappa shape index (κ1) is 11.0. The van der Waals surface area contributed by atoms with Crippen molar-refractivity contribution in [3.05, 3.63) is 0 Å². The van der Waals surface area contributed by atoms with Crippen molar-refractivity contribution in [2.45, 2.75) is 33.1 Å². The molecule has 1 saturated heterocycles. The van der Waals surface area contributed by atoms with E-state index < -0.39 is 0 Å². The Balaban J connectivity index is 1.88. The van der Waals surface area contributed by atoms with Gasteiger partial charge in [-0.1, -0.05) is 20.3 Å². The Morgan fingerprint density at radius 3 is 2.62 bits per heavy atom. The highest BCUT2D eigenvalue weighted by atomic mass is 16.5. The SMILES string of the molecule is CCC(C)COCCN1CCCC1. The van der Waals surface area contributed by atoms with Crippen LogP contribution in [0.2, 0.25) is 0 Å². The molecule has 0 bridgehead atoms. The van der Waals surface area contributed by atoms with E-state index in [1.165, 1.54) is 32.4 Å². The average molecular weight is 185 g/mol. The van der Waals surface area contributed by atoms with Gasteiger partial charge in [-0.25, -0.2) is 0 Å². The molecule has 1 aliphatic rings. The van der Waals surface area contributed by atoms with Gasteiger partial charge in [0.15, 0.2) is 0 Å². The van der Waals surface area contributed by atoms with Crippen LogP contribution in [0.15, 0.2) is 0 Å². The summed E-state index contributed by atoms with van der Waals surface area (Å²) in [5.74, 6) is 0.721. The molecule has 0 amide bonds. The van der Waals surface area contributed by atoms with Crippen LogP contribution < -0.4 is 0 Å². The second-order valence-electron chi connectivity index (χ2n) is 4.14. The van der Waals surface area contributed by atoms with Gasteiger partial charge < -0.3 is 9.64 Å². The molecule has 78 valence electrons. The minimum Gasteiger partial charge on any atom is -0.380 e. The van der Waals surface area contributed by atoms with E-state index in [4.69, 9.17) is 4.74 Å². The fraction of sp³-hybridized carbons (Fsp3) is 1.00. The molecule has 1 atom stereocenters. The Kier molecular flexibility index (Phi) is 5.40. The minimum absolute atomic E-state index is 0.721. The van der Waals surface area contributed by atoms with Crippen molar-refractivity contribution < 1.29 is 4.74 Å². The molecule has 0 aromatic heterocycles. The predicted octanol–water partition coefficient (Wildman–Crippen LogP) is 2.14. The molecule has 1 unspecified atom stereocenters. The van der Waals surface area contributed by atoms with E-state index >= 15 is 0 Å². The van der Waals surface area contributed by atoms with E-state index in [1.54, 1.807) is 0 Å². The lowest BCUT2D eigenvalue weighted by atomic mass is 10.1. The summed E-state index contributed by atoms with van der Waals surface area (Å²) in [5.41, 5.74) is 0. The molecule has 1 fully saturated rings. The maximum atomic E-state index is 5.61. The van der Waals surface area contributed by atoms with Crippen molar-refractivity contribution in [1.82, 2.24) is 4.90 Å². The van der Waals surface area contributed by atoms with Gasteiger partial charge in [-0.3, -0.25) is 0 Å². The van der Waals surface area contributed by atoms with Crippen molar-refractivity contribution in [3.63, 3.8) is 0 Å². The van der Waals surface area contributed by atoms with Gasteiger partial charge in [-0.15, -0.1) is 0 Å². The number of likely N-dealkylation sites (tertiary alicyclic amines) is 1. The topological polar surface area (TPSA) is 12.5 Å². The largest absolute Gasteiger partial charge is 0.380 e. The van der Waals surface area contributed by atoms with E-state index in [0.29, 0.717) is 0 Å². The van der Waals surface area contributed by atoms with E-state index in [-0.39, 0.29) is 0 Å². The van der Waals surface area contributed by atoms with Gasteiger partial charge in [-0.05, 0) is 31.8 Å². The fourth-order valence-electron chi connectivity index (χ4n) is 1.60. The molecule has 2 heteroatoms. The summed E-state index contributed by atoms with van der Waals surface area (Å²) in [7, 11) is 0. The van der Waals surface area contributed by atoms with Gasteiger partial charge in [0.2, 0.25) is 0 Å². The molecule has 0 radical (unpaired) electrons. The van der Waals surface area contributed by atoms with E-state index in [0.717, 1.165) is 25.7 Å². The zero-order valence-electron chi connectivity index (χ0n) is 9.09. The molecular formula is C11H23NO. The van der Waals surface area contributed by atoms with Gasteiger partial charge in [0.1, 0.15) is 0 Å². The van der Waals surface area contributed by atoms with E-state index in [2.05, 4.69) is 18.7 Å². The second-order valence-corrected chi connectivity index (χ2v) is 4.14. The zero-order valence-corrected chi connectivity index (χ0v) is 9.09. The van der Waals surface area contributed by atoms with E-state index in [1.807, 2.05) is 0 Å². The van der Waals surface area contributed by atoms with Crippen molar-refractivity contribution in [3.8, 4) is 0 Å². The number of hydrogen-bond donors (Lipinski definition) is 0. The second kappa shape index (κ2) is 6.39. The summed E-state index contributed by atoms with van der Waals surface area (Å²) in [6.07, 6.45) is 3.99. The van der Waals surface area contributed by atoms with Crippen LogP contribution in [0.1, 0.15) is 33.1 Å². The summed E-state index contributed by atoms with van der Waals surface area (Å²) in [5, 5.41) is 0. The predicted molar refractivity (Wildman–Crippen MR) is 55.9 cm³/mol. The molecule has 1 rings (SSSR count). The van der Waals surface area contributed by atoms with Crippen LogP contribution in [-0.4, -0.2) is 37.7 Å². The molecular weight excluding hydrogens is 162 g/mol. The Morgan fingerprint density at radius 1 is 1.31 bits per heavy atom. The Hall–Kier alpha value is -0.0800. The highest BCUT2D eigenvalue weighted by molar-refractivity contribution is 4.65. The first-order chi connectivity index (χ1) is 6.33. The zero-order chi connectivity index (χ0) is 9.52. The molecule has 0 N–H and O–H groups in total. The lowest BCUT2D eigenvalue weighted by Crippen LogP contribution is -2.24. The number of nitrogens with zero attached hydrogens (tertiary/aromatic N) is 1. The van der Waals surface area contributed by atoms with Crippen LogP contribution >= 0.6 is 0 Å². The van der Waals surface area contributed by atoms with Crippen molar-refractivity contribution in [2.75, 3.05) is 32.8 Å². The lowest BCUT2D eigenvalue weighted by molar-refractivity contribution is 0.0860.